The molecule has 0 fully saturated rings. The van der Waals surface area contributed by atoms with E-state index >= 15 is 0 Å². The van der Waals surface area contributed by atoms with E-state index in [4.69, 9.17) is 0 Å². The summed E-state index contributed by atoms with van der Waals surface area (Å²) < 4.78 is 0. The van der Waals surface area contributed by atoms with Gasteiger partial charge in [-0.25, -0.2) is 0 Å². The van der Waals surface area contributed by atoms with Crippen LogP contribution >= 0.6 is 0 Å². The molecular weight excluding hydrogens is 547 g/mol. The molecule has 0 aliphatic carbocycles. The summed E-state index contributed by atoms with van der Waals surface area (Å²) in [5, 5.41) is 4.13. The molecule has 6 rings (SSSR count). The van der Waals surface area contributed by atoms with Crippen molar-refractivity contribution < 1.29 is 0 Å². The summed E-state index contributed by atoms with van der Waals surface area (Å²) >= 11 is 0. The van der Waals surface area contributed by atoms with Gasteiger partial charge in [0.15, 0.2) is 8.07 Å². The molecule has 0 unspecified atom stereocenters. The minimum Gasteiger partial charge on any atom is -0.310 e. The Balaban J connectivity index is 1.47. The van der Waals surface area contributed by atoms with Crippen molar-refractivity contribution in [3.63, 3.8) is 0 Å². The molecule has 44 heavy (non-hydrogen) atoms. The van der Waals surface area contributed by atoms with E-state index in [1.165, 1.54) is 54.8 Å². The average molecular weight is 586 g/mol. The predicted molar refractivity (Wildman–Crippen MR) is 193 cm³/mol. The SMILES string of the molecule is Cc1cc(C)c(N(c2ccc(C=C[Si](c3ccccc3)(c3ccccc3)c3ccccc3)cc2)c2ccccc2C)c(C)c1. The predicted octanol–water partition coefficient (Wildman–Crippen LogP) is 9.11. The van der Waals surface area contributed by atoms with Crippen molar-refractivity contribution in [3.05, 3.63) is 185 Å². The highest BCUT2D eigenvalue weighted by Gasteiger charge is 2.36. The van der Waals surface area contributed by atoms with Gasteiger partial charge in [-0.05, 0) is 83.7 Å². The summed E-state index contributed by atoms with van der Waals surface area (Å²) in [6, 6.07) is 55.4. The number of nitrogens with zero attached hydrogens (tertiary/aromatic N) is 1. The highest BCUT2D eigenvalue weighted by molar-refractivity contribution is 7.15. The van der Waals surface area contributed by atoms with E-state index in [-0.39, 0.29) is 0 Å². The lowest BCUT2D eigenvalue weighted by Gasteiger charge is -2.31. The summed E-state index contributed by atoms with van der Waals surface area (Å²) in [6.45, 7) is 8.81. The van der Waals surface area contributed by atoms with Gasteiger partial charge in [0.25, 0.3) is 0 Å². The van der Waals surface area contributed by atoms with E-state index in [2.05, 4.69) is 196 Å². The Morgan fingerprint density at radius 3 is 1.41 bits per heavy atom. The van der Waals surface area contributed by atoms with Crippen LogP contribution in [-0.4, -0.2) is 8.07 Å². The minimum absolute atomic E-state index is 1.16. The molecule has 1 nitrogen and oxygen atoms in total. The van der Waals surface area contributed by atoms with Crippen LogP contribution in [-0.2, 0) is 0 Å². The van der Waals surface area contributed by atoms with Gasteiger partial charge in [0.1, 0.15) is 0 Å². The Morgan fingerprint density at radius 1 is 0.477 bits per heavy atom. The first-order valence-corrected chi connectivity index (χ1v) is 17.4. The van der Waals surface area contributed by atoms with E-state index in [0.29, 0.717) is 0 Å². The number of para-hydroxylation sites is 1. The first-order chi connectivity index (χ1) is 21.5. The van der Waals surface area contributed by atoms with Crippen LogP contribution in [0.15, 0.2) is 157 Å². The van der Waals surface area contributed by atoms with Gasteiger partial charge < -0.3 is 4.90 Å². The number of rotatable bonds is 8. The molecule has 0 spiro atoms. The third-order valence-corrected chi connectivity index (χ3v) is 13.0. The molecule has 0 aliphatic rings. The summed E-state index contributed by atoms with van der Waals surface area (Å²) in [7, 11) is -2.47. The summed E-state index contributed by atoms with van der Waals surface area (Å²) in [5.74, 6) is 0. The van der Waals surface area contributed by atoms with Gasteiger partial charge in [-0.2, -0.15) is 0 Å². The third kappa shape index (κ3) is 5.69. The van der Waals surface area contributed by atoms with Crippen molar-refractivity contribution in [1.82, 2.24) is 0 Å². The van der Waals surface area contributed by atoms with Crippen LogP contribution in [0.4, 0.5) is 17.1 Å². The van der Waals surface area contributed by atoms with E-state index in [0.717, 1.165) is 5.69 Å². The highest BCUT2D eigenvalue weighted by atomic mass is 28.3. The summed E-state index contributed by atoms with van der Waals surface area (Å²) in [5.41, 5.74) is 12.4. The largest absolute Gasteiger partial charge is 0.310 e. The highest BCUT2D eigenvalue weighted by Crippen LogP contribution is 2.40. The van der Waals surface area contributed by atoms with E-state index < -0.39 is 8.07 Å². The smallest absolute Gasteiger partial charge is 0.172 e. The van der Waals surface area contributed by atoms with Crippen molar-refractivity contribution in [1.29, 1.82) is 0 Å². The Labute approximate surface area is 263 Å². The number of aryl methyl sites for hydroxylation is 4. The summed E-state index contributed by atoms with van der Waals surface area (Å²) in [6.07, 6.45) is 2.34. The fourth-order valence-electron chi connectivity index (χ4n) is 6.58. The van der Waals surface area contributed by atoms with Crippen LogP contribution < -0.4 is 20.5 Å². The third-order valence-electron chi connectivity index (χ3n) is 8.58. The number of hydrogen-bond acceptors (Lipinski definition) is 1. The molecule has 0 bridgehead atoms. The Bertz CT molecular complexity index is 1750. The van der Waals surface area contributed by atoms with Crippen LogP contribution in [0.2, 0.25) is 0 Å². The Morgan fingerprint density at radius 2 is 0.932 bits per heavy atom. The maximum absolute atomic E-state index is 2.51. The van der Waals surface area contributed by atoms with E-state index in [1.807, 2.05) is 0 Å². The lowest BCUT2D eigenvalue weighted by molar-refractivity contribution is 1.19. The van der Waals surface area contributed by atoms with Gasteiger partial charge in [-0.15, -0.1) is 0 Å². The number of benzene rings is 6. The second-order valence-electron chi connectivity index (χ2n) is 11.7. The molecule has 0 saturated heterocycles. The van der Waals surface area contributed by atoms with Gasteiger partial charge in [-0.1, -0.05) is 151 Å². The van der Waals surface area contributed by atoms with Crippen LogP contribution in [0.25, 0.3) is 6.08 Å². The quantitative estimate of drug-likeness (QED) is 0.127. The van der Waals surface area contributed by atoms with Gasteiger partial charge in [0.05, 0.1) is 5.69 Å². The fourth-order valence-corrected chi connectivity index (χ4v) is 10.8. The molecule has 0 radical (unpaired) electrons. The molecule has 0 heterocycles. The minimum atomic E-state index is -2.47. The maximum atomic E-state index is 2.51. The second-order valence-corrected chi connectivity index (χ2v) is 15.4. The molecule has 0 aromatic heterocycles. The number of anilines is 3. The summed E-state index contributed by atoms with van der Waals surface area (Å²) in [4.78, 5) is 2.42. The maximum Gasteiger partial charge on any atom is 0.172 e. The molecule has 6 aromatic carbocycles. The molecule has 2 heteroatoms. The molecule has 0 aliphatic heterocycles. The standard InChI is InChI=1S/C42H39NSi/c1-32-30-34(3)42(35(4)31-32)43(41-23-15-14-16-33(41)2)37-26-24-36(25-27-37)28-29-44(38-17-8-5-9-18-38,39-19-10-6-11-20-39)40-21-12-7-13-22-40/h5-31H,1-4H3. The van der Waals surface area contributed by atoms with E-state index in [9.17, 15) is 0 Å². The Kier molecular flexibility index (Phi) is 8.45. The zero-order valence-corrected chi connectivity index (χ0v) is 27.0. The molecular formula is C42H39NSi. The van der Waals surface area contributed by atoms with Gasteiger partial charge in [0, 0.05) is 11.4 Å². The van der Waals surface area contributed by atoms with Gasteiger partial charge >= 0.3 is 0 Å². The molecule has 6 aromatic rings. The molecule has 0 atom stereocenters. The lowest BCUT2D eigenvalue weighted by atomic mass is 10.0. The normalized spacial score (nSPS) is 11.5. The van der Waals surface area contributed by atoms with Crippen molar-refractivity contribution in [2.24, 2.45) is 0 Å². The van der Waals surface area contributed by atoms with Crippen molar-refractivity contribution in [2.45, 2.75) is 27.7 Å². The van der Waals surface area contributed by atoms with Crippen molar-refractivity contribution in [2.75, 3.05) is 4.90 Å². The molecule has 216 valence electrons. The van der Waals surface area contributed by atoms with E-state index in [1.54, 1.807) is 0 Å². The average Bonchev–Trinajstić information content (AvgIpc) is 3.05. The van der Waals surface area contributed by atoms with Crippen molar-refractivity contribution >= 4 is 46.8 Å². The molecule has 0 N–H and O–H groups in total. The number of hydrogen-bond donors (Lipinski definition) is 0. The molecule has 0 amide bonds. The van der Waals surface area contributed by atoms with Crippen molar-refractivity contribution in [3.8, 4) is 0 Å². The monoisotopic (exact) mass is 585 g/mol. The van der Waals surface area contributed by atoms with Crippen LogP contribution in [0, 0.1) is 27.7 Å². The van der Waals surface area contributed by atoms with Crippen LogP contribution in [0.1, 0.15) is 27.8 Å². The van der Waals surface area contributed by atoms with Gasteiger partial charge in [0.2, 0.25) is 0 Å². The topological polar surface area (TPSA) is 3.24 Å². The second kappa shape index (κ2) is 12.7. The lowest BCUT2D eigenvalue weighted by Crippen LogP contribution is -2.66. The first kappa shape index (κ1) is 29.2. The Hall–Kier alpha value is -4.92. The van der Waals surface area contributed by atoms with Gasteiger partial charge in [-0.3, -0.25) is 0 Å². The van der Waals surface area contributed by atoms with Crippen LogP contribution in [0.3, 0.4) is 0 Å². The first-order valence-electron chi connectivity index (χ1n) is 15.4. The zero-order chi connectivity index (χ0) is 30.5. The zero-order valence-electron chi connectivity index (χ0n) is 26.0. The molecule has 0 saturated carbocycles. The van der Waals surface area contributed by atoms with Crippen LogP contribution in [0.5, 0.6) is 0 Å². The fraction of sp³-hybridized carbons (Fsp3) is 0.0952.